The van der Waals surface area contributed by atoms with Gasteiger partial charge in [-0.1, -0.05) is 0 Å². The third-order valence-corrected chi connectivity index (χ3v) is 2.07. The molecule has 0 unspecified atom stereocenters. The lowest BCUT2D eigenvalue weighted by Gasteiger charge is -2.31. The average Bonchev–Trinajstić information content (AvgIpc) is 2.01. The van der Waals surface area contributed by atoms with Crippen LogP contribution in [0.4, 0.5) is 0 Å². The van der Waals surface area contributed by atoms with E-state index < -0.39 is 24.4 Å². The van der Waals surface area contributed by atoms with Gasteiger partial charge in [0.2, 0.25) is 0 Å². The lowest BCUT2D eigenvalue weighted by atomic mass is 9.97. The molecular formula is C6H14NO4+. The summed E-state index contributed by atoms with van der Waals surface area (Å²) in [5, 5.41) is 37.7. The van der Waals surface area contributed by atoms with E-state index >= 15 is 0 Å². The largest absolute Gasteiger partial charge is 0.390 e. The molecule has 5 nitrogen and oxygen atoms in total. The molecule has 1 heterocycles. The van der Waals surface area contributed by atoms with Crippen molar-refractivity contribution in [1.82, 2.24) is 0 Å². The normalized spacial score (nSPS) is 45.8. The van der Waals surface area contributed by atoms with E-state index in [1.807, 2.05) is 0 Å². The maximum atomic E-state index is 9.21. The van der Waals surface area contributed by atoms with Crippen molar-refractivity contribution in [3.05, 3.63) is 0 Å². The number of hydrogen-bond acceptors (Lipinski definition) is 4. The molecule has 0 aromatic rings. The van der Waals surface area contributed by atoms with Crippen molar-refractivity contribution in [2.75, 3.05) is 13.2 Å². The third kappa shape index (κ3) is 1.69. The Morgan fingerprint density at radius 3 is 2.36 bits per heavy atom. The number of hydrogen-bond donors (Lipinski definition) is 5. The predicted octanol–water partition coefficient (Wildman–Crippen LogP) is -3.99. The maximum Gasteiger partial charge on any atom is 0.138 e. The van der Waals surface area contributed by atoms with Crippen molar-refractivity contribution in [3.8, 4) is 0 Å². The lowest BCUT2D eigenvalue weighted by molar-refractivity contribution is -0.716. The molecule has 1 fully saturated rings. The van der Waals surface area contributed by atoms with E-state index in [1.54, 1.807) is 5.32 Å². The summed E-state index contributed by atoms with van der Waals surface area (Å²) in [6.45, 7) is 0.133. The van der Waals surface area contributed by atoms with Crippen LogP contribution in [0.25, 0.3) is 0 Å². The molecule has 4 atom stereocenters. The van der Waals surface area contributed by atoms with Crippen LogP contribution in [0.3, 0.4) is 0 Å². The molecule has 0 bridgehead atoms. The molecule has 0 radical (unpaired) electrons. The Balaban J connectivity index is 2.52. The fourth-order valence-corrected chi connectivity index (χ4v) is 1.26. The molecule has 0 saturated carbocycles. The summed E-state index contributed by atoms with van der Waals surface area (Å²) in [6, 6.07) is -0.409. The Labute approximate surface area is 64.3 Å². The van der Waals surface area contributed by atoms with E-state index in [1.165, 1.54) is 0 Å². The van der Waals surface area contributed by atoms with Gasteiger partial charge in [-0.15, -0.1) is 0 Å². The van der Waals surface area contributed by atoms with Crippen LogP contribution < -0.4 is 5.32 Å². The van der Waals surface area contributed by atoms with Crippen LogP contribution in [0.1, 0.15) is 0 Å². The van der Waals surface area contributed by atoms with Crippen molar-refractivity contribution in [1.29, 1.82) is 0 Å². The van der Waals surface area contributed by atoms with Crippen LogP contribution in [0.15, 0.2) is 0 Å². The quantitative estimate of drug-likeness (QED) is 0.273. The van der Waals surface area contributed by atoms with Crippen LogP contribution in [-0.2, 0) is 0 Å². The summed E-state index contributed by atoms with van der Waals surface area (Å²) in [5.74, 6) is 0. The Morgan fingerprint density at radius 2 is 1.82 bits per heavy atom. The average molecular weight is 164 g/mol. The van der Waals surface area contributed by atoms with Gasteiger partial charge >= 0.3 is 0 Å². The molecule has 11 heavy (non-hydrogen) atoms. The maximum absolute atomic E-state index is 9.21. The first-order valence-electron chi connectivity index (χ1n) is 3.65. The smallest absolute Gasteiger partial charge is 0.138 e. The van der Waals surface area contributed by atoms with E-state index in [-0.39, 0.29) is 6.61 Å². The highest BCUT2D eigenvalue weighted by Crippen LogP contribution is 2.04. The second-order valence-corrected chi connectivity index (χ2v) is 2.87. The minimum absolute atomic E-state index is 0.190. The third-order valence-electron chi connectivity index (χ3n) is 2.07. The summed E-state index contributed by atoms with van der Waals surface area (Å²) in [4.78, 5) is 0. The summed E-state index contributed by atoms with van der Waals surface area (Å²) >= 11 is 0. The van der Waals surface area contributed by atoms with E-state index in [0.717, 1.165) is 0 Å². The molecule has 0 spiro atoms. The Morgan fingerprint density at radius 1 is 1.18 bits per heavy atom. The standard InChI is InChI=1S/C6H13NO4/c8-2-3-5(10)6(11)4(9)1-7-3/h3-11H,1-2H2/p+1/t3-,4+,5-,6+/m1/s1. The Kier molecular flexibility index (Phi) is 2.80. The van der Waals surface area contributed by atoms with Crippen molar-refractivity contribution >= 4 is 0 Å². The van der Waals surface area contributed by atoms with Gasteiger partial charge in [-0.05, 0) is 0 Å². The molecular weight excluding hydrogens is 150 g/mol. The monoisotopic (exact) mass is 164 g/mol. The minimum Gasteiger partial charge on any atom is -0.390 e. The first-order valence-corrected chi connectivity index (χ1v) is 3.65. The Hall–Kier alpha value is -0.200. The molecule has 0 aliphatic carbocycles. The predicted molar refractivity (Wildman–Crippen MR) is 35.7 cm³/mol. The Bertz CT molecular complexity index is 130. The minimum atomic E-state index is -1.13. The van der Waals surface area contributed by atoms with Gasteiger partial charge in [0.1, 0.15) is 30.9 Å². The SMILES string of the molecule is OC[C@H]1[NH2+]C[C@H](O)[C@H](O)[C@@H]1O. The molecule has 0 aromatic heterocycles. The zero-order valence-electron chi connectivity index (χ0n) is 6.09. The number of rotatable bonds is 1. The highest BCUT2D eigenvalue weighted by molar-refractivity contribution is 4.82. The van der Waals surface area contributed by atoms with Crippen LogP contribution >= 0.6 is 0 Å². The van der Waals surface area contributed by atoms with Crippen molar-refractivity contribution in [3.63, 3.8) is 0 Å². The van der Waals surface area contributed by atoms with Gasteiger partial charge in [0.25, 0.3) is 0 Å². The first-order chi connectivity index (χ1) is 5.16. The summed E-state index contributed by atoms with van der Waals surface area (Å²) in [7, 11) is 0. The van der Waals surface area contributed by atoms with Gasteiger partial charge in [0.05, 0.1) is 6.61 Å². The molecule has 0 amide bonds. The lowest BCUT2D eigenvalue weighted by Crippen LogP contribution is -2.99. The number of nitrogens with two attached hydrogens (primary N) is 1. The zero-order chi connectivity index (χ0) is 8.43. The summed E-state index contributed by atoms with van der Waals surface area (Å²) in [6.07, 6.45) is -3.06. The van der Waals surface area contributed by atoms with Crippen LogP contribution in [0.5, 0.6) is 0 Å². The van der Waals surface area contributed by atoms with Crippen LogP contribution in [-0.4, -0.2) is 57.9 Å². The molecule has 1 aliphatic rings. The molecule has 66 valence electrons. The fraction of sp³-hybridized carbons (Fsp3) is 1.00. The van der Waals surface area contributed by atoms with E-state index in [0.29, 0.717) is 6.54 Å². The summed E-state index contributed by atoms with van der Waals surface area (Å²) < 4.78 is 0. The van der Waals surface area contributed by atoms with E-state index in [2.05, 4.69) is 0 Å². The number of piperidine rings is 1. The second-order valence-electron chi connectivity index (χ2n) is 2.87. The second kappa shape index (κ2) is 3.46. The summed E-state index contributed by atoms with van der Waals surface area (Å²) in [5.41, 5.74) is 0. The van der Waals surface area contributed by atoms with E-state index in [9.17, 15) is 5.11 Å². The van der Waals surface area contributed by atoms with Crippen molar-refractivity contribution < 1.29 is 25.7 Å². The fourth-order valence-electron chi connectivity index (χ4n) is 1.26. The van der Waals surface area contributed by atoms with Crippen molar-refractivity contribution in [2.45, 2.75) is 24.4 Å². The number of aliphatic hydroxyl groups excluding tert-OH is 4. The molecule has 5 heteroatoms. The number of aliphatic hydroxyl groups is 4. The van der Waals surface area contributed by atoms with Gasteiger partial charge in [0.15, 0.2) is 0 Å². The van der Waals surface area contributed by atoms with Crippen LogP contribution in [0.2, 0.25) is 0 Å². The van der Waals surface area contributed by atoms with Crippen molar-refractivity contribution in [2.24, 2.45) is 0 Å². The zero-order valence-corrected chi connectivity index (χ0v) is 6.09. The molecule has 1 saturated heterocycles. The van der Waals surface area contributed by atoms with Gasteiger partial charge < -0.3 is 25.7 Å². The topological polar surface area (TPSA) is 97.5 Å². The molecule has 0 aromatic carbocycles. The van der Waals surface area contributed by atoms with Gasteiger partial charge in [-0.2, -0.15) is 0 Å². The highest BCUT2D eigenvalue weighted by Gasteiger charge is 2.38. The van der Waals surface area contributed by atoms with Gasteiger partial charge in [-0.3, -0.25) is 0 Å². The molecule has 1 aliphatic heterocycles. The van der Waals surface area contributed by atoms with E-state index in [4.69, 9.17) is 15.3 Å². The molecule has 6 N–H and O–H groups in total. The number of quaternary nitrogens is 1. The first kappa shape index (κ1) is 8.89. The van der Waals surface area contributed by atoms with Gasteiger partial charge in [0, 0.05) is 0 Å². The molecule has 1 rings (SSSR count). The van der Waals surface area contributed by atoms with Gasteiger partial charge in [-0.25, -0.2) is 0 Å². The van der Waals surface area contributed by atoms with Crippen LogP contribution in [0, 0.1) is 0 Å². The highest BCUT2D eigenvalue weighted by atomic mass is 16.4.